The number of hydrogen-bond donors (Lipinski definition) is 2. The lowest BCUT2D eigenvalue weighted by Gasteiger charge is -2.11. The summed E-state index contributed by atoms with van der Waals surface area (Å²) < 4.78 is 0. The summed E-state index contributed by atoms with van der Waals surface area (Å²) in [6, 6.07) is 6.31. The average Bonchev–Trinajstić information content (AvgIpc) is 2.93. The Kier molecular flexibility index (Phi) is 4.39. The number of rotatable bonds is 5. The molecule has 102 valence electrons. The first kappa shape index (κ1) is 14.2. The molecule has 0 aliphatic rings. The largest absolute Gasteiger partial charge is 0.477 e. The number of aromatic carboxylic acids is 1. The fourth-order valence-corrected chi connectivity index (χ4v) is 3.64. The maximum Gasteiger partial charge on any atom is 0.345 e. The van der Waals surface area contributed by atoms with Gasteiger partial charge in [0.1, 0.15) is 4.88 Å². The quantitative estimate of drug-likeness (QED) is 0.877. The second-order valence-corrected chi connectivity index (χ2v) is 7.12. The molecule has 0 fully saturated rings. The van der Waals surface area contributed by atoms with Crippen molar-refractivity contribution in [3.05, 3.63) is 43.3 Å². The zero-order valence-corrected chi connectivity index (χ0v) is 12.8. The van der Waals surface area contributed by atoms with Crippen LogP contribution < -0.4 is 5.32 Å². The van der Waals surface area contributed by atoms with E-state index in [0.717, 1.165) is 10.4 Å². The van der Waals surface area contributed by atoms with Crippen LogP contribution in [0.3, 0.4) is 0 Å². The Morgan fingerprint density at radius 2 is 2.11 bits per heavy atom. The Hall–Kier alpha value is -1.17. The highest BCUT2D eigenvalue weighted by molar-refractivity contribution is 7.14. The van der Waals surface area contributed by atoms with E-state index in [-0.39, 0.29) is 6.04 Å². The molecule has 0 saturated carbocycles. The molecule has 2 rings (SSSR count). The van der Waals surface area contributed by atoms with Gasteiger partial charge in [0.15, 0.2) is 0 Å². The smallest absolute Gasteiger partial charge is 0.345 e. The second kappa shape index (κ2) is 5.86. The Morgan fingerprint density at radius 3 is 2.63 bits per heavy atom. The molecule has 0 radical (unpaired) electrons. The summed E-state index contributed by atoms with van der Waals surface area (Å²) in [6.07, 6.45) is 0. The second-order valence-electron chi connectivity index (χ2n) is 4.55. The maximum atomic E-state index is 10.9. The Balaban J connectivity index is 2.00. The van der Waals surface area contributed by atoms with Crippen LogP contribution in [0.4, 0.5) is 0 Å². The summed E-state index contributed by atoms with van der Waals surface area (Å²) in [6.45, 7) is 6.90. The van der Waals surface area contributed by atoms with E-state index in [4.69, 9.17) is 5.11 Å². The number of carboxylic acid groups (broad SMARTS) is 1. The first-order valence-electron chi connectivity index (χ1n) is 6.09. The molecule has 0 amide bonds. The molecule has 2 N–H and O–H groups in total. The van der Waals surface area contributed by atoms with Gasteiger partial charge in [-0.1, -0.05) is 0 Å². The molecule has 19 heavy (non-hydrogen) atoms. The van der Waals surface area contributed by atoms with Gasteiger partial charge in [0.05, 0.1) is 0 Å². The number of aryl methyl sites for hydroxylation is 2. The molecule has 0 aliphatic heterocycles. The summed E-state index contributed by atoms with van der Waals surface area (Å²) >= 11 is 3.13. The van der Waals surface area contributed by atoms with Crippen LogP contribution in [0.2, 0.25) is 0 Å². The van der Waals surface area contributed by atoms with Crippen molar-refractivity contribution in [3.8, 4) is 0 Å². The molecule has 5 heteroatoms. The summed E-state index contributed by atoms with van der Waals surface area (Å²) in [7, 11) is 0. The van der Waals surface area contributed by atoms with E-state index < -0.39 is 5.97 Å². The fraction of sp³-hybridized carbons (Fsp3) is 0.357. The summed E-state index contributed by atoms with van der Waals surface area (Å²) in [5, 5.41) is 12.4. The van der Waals surface area contributed by atoms with Crippen LogP contribution in [0.5, 0.6) is 0 Å². The first-order valence-corrected chi connectivity index (χ1v) is 7.73. The van der Waals surface area contributed by atoms with Crippen molar-refractivity contribution in [2.45, 2.75) is 33.4 Å². The zero-order chi connectivity index (χ0) is 14.0. The van der Waals surface area contributed by atoms with Crippen LogP contribution in [0, 0.1) is 13.8 Å². The monoisotopic (exact) mass is 295 g/mol. The van der Waals surface area contributed by atoms with Gasteiger partial charge in [0.2, 0.25) is 0 Å². The third-order valence-electron chi connectivity index (χ3n) is 3.02. The van der Waals surface area contributed by atoms with Crippen molar-refractivity contribution >= 4 is 28.6 Å². The summed E-state index contributed by atoms with van der Waals surface area (Å²) in [5.41, 5.74) is 1.07. The zero-order valence-electron chi connectivity index (χ0n) is 11.2. The van der Waals surface area contributed by atoms with Gasteiger partial charge < -0.3 is 10.4 Å². The summed E-state index contributed by atoms with van der Waals surface area (Å²) in [5.74, 6) is -0.846. The molecular weight excluding hydrogens is 278 g/mol. The SMILES string of the molecule is Cc1ccc(C(C)NCc2cc(C(=O)O)sc2C)s1. The molecule has 0 spiro atoms. The van der Waals surface area contributed by atoms with Gasteiger partial charge in [0.25, 0.3) is 0 Å². The Morgan fingerprint density at radius 1 is 1.37 bits per heavy atom. The number of hydrogen-bond acceptors (Lipinski definition) is 4. The van der Waals surface area contributed by atoms with E-state index in [0.29, 0.717) is 11.4 Å². The van der Waals surface area contributed by atoms with E-state index in [1.807, 2.05) is 6.92 Å². The van der Waals surface area contributed by atoms with Crippen LogP contribution in [-0.4, -0.2) is 11.1 Å². The molecule has 1 unspecified atom stereocenters. The highest BCUT2D eigenvalue weighted by atomic mass is 32.1. The lowest BCUT2D eigenvalue weighted by molar-refractivity contribution is 0.0702. The van der Waals surface area contributed by atoms with Gasteiger partial charge in [-0.05, 0) is 44.5 Å². The number of nitrogens with one attached hydrogen (secondary N) is 1. The van der Waals surface area contributed by atoms with Gasteiger partial charge in [-0.3, -0.25) is 0 Å². The minimum Gasteiger partial charge on any atom is -0.477 e. The molecule has 0 aromatic carbocycles. The summed E-state index contributed by atoms with van der Waals surface area (Å²) in [4.78, 5) is 15.0. The van der Waals surface area contributed by atoms with Crippen LogP contribution in [0.25, 0.3) is 0 Å². The third kappa shape index (κ3) is 3.43. The minimum absolute atomic E-state index is 0.284. The Labute approximate surface area is 120 Å². The van der Waals surface area contributed by atoms with Crippen LogP contribution in [-0.2, 0) is 6.54 Å². The number of carboxylic acids is 1. The van der Waals surface area contributed by atoms with Gasteiger partial charge in [-0.2, -0.15) is 0 Å². The fourth-order valence-electron chi connectivity index (χ4n) is 1.85. The van der Waals surface area contributed by atoms with Crippen molar-refractivity contribution in [1.82, 2.24) is 5.32 Å². The van der Waals surface area contributed by atoms with Crippen molar-refractivity contribution < 1.29 is 9.90 Å². The number of carbonyl (C=O) groups is 1. The topological polar surface area (TPSA) is 49.3 Å². The predicted molar refractivity (Wildman–Crippen MR) is 80.3 cm³/mol. The van der Waals surface area contributed by atoms with E-state index in [9.17, 15) is 4.79 Å². The lowest BCUT2D eigenvalue weighted by atomic mass is 10.2. The van der Waals surface area contributed by atoms with E-state index in [1.165, 1.54) is 21.1 Å². The van der Waals surface area contributed by atoms with Gasteiger partial charge in [-0.25, -0.2) is 4.79 Å². The average molecular weight is 295 g/mol. The van der Waals surface area contributed by atoms with Crippen LogP contribution in [0.15, 0.2) is 18.2 Å². The highest BCUT2D eigenvalue weighted by Gasteiger charge is 2.12. The normalized spacial score (nSPS) is 12.6. The Bertz CT molecular complexity index is 586. The molecule has 0 saturated heterocycles. The predicted octanol–water partition coefficient (Wildman–Crippen LogP) is 3.98. The van der Waals surface area contributed by atoms with Gasteiger partial charge in [-0.15, -0.1) is 22.7 Å². The van der Waals surface area contributed by atoms with Gasteiger partial charge in [0, 0.05) is 27.2 Å². The lowest BCUT2D eigenvalue weighted by Crippen LogP contribution is -2.17. The maximum absolute atomic E-state index is 10.9. The van der Waals surface area contributed by atoms with Crippen molar-refractivity contribution in [3.63, 3.8) is 0 Å². The molecule has 2 aromatic heterocycles. The third-order valence-corrected chi connectivity index (χ3v) is 5.28. The molecule has 0 aliphatic carbocycles. The molecule has 0 bridgehead atoms. The molecule has 1 atom stereocenters. The molecule has 3 nitrogen and oxygen atoms in total. The van der Waals surface area contributed by atoms with Crippen molar-refractivity contribution in [2.24, 2.45) is 0 Å². The minimum atomic E-state index is -0.846. The standard InChI is InChI=1S/C14H17NO2S2/c1-8-4-5-12(18-8)9(2)15-7-11-6-13(14(16)17)19-10(11)3/h4-6,9,15H,7H2,1-3H3,(H,16,17). The first-order chi connectivity index (χ1) is 8.97. The van der Waals surface area contributed by atoms with Gasteiger partial charge >= 0.3 is 5.97 Å². The molecule has 2 heterocycles. The molecular formula is C14H17NO2S2. The van der Waals surface area contributed by atoms with Crippen molar-refractivity contribution in [2.75, 3.05) is 0 Å². The van der Waals surface area contributed by atoms with Crippen molar-refractivity contribution in [1.29, 1.82) is 0 Å². The number of thiophene rings is 2. The highest BCUT2D eigenvalue weighted by Crippen LogP contribution is 2.25. The van der Waals surface area contributed by atoms with E-state index in [1.54, 1.807) is 17.4 Å². The van der Waals surface area contributed by atoms with E-state index in [2.05, 4.69) is 31.3 Å². The molecule has 2 aromatic rings. The van der Waals surface area contributed by atoms with Crippen LogP contribution in [0.1, 0.15) is 42.8 Å². The van der Waals surface area contributed by atoms with Crippen LogP contribution >= 0.6 is 22.7 Å². The van der Waals surface area contributed by atoms with E-state index >= 15 is 0 Å².